The number of aromatic nitrogens is 4. The summed E-state index contributed by atoms with van der Waals surface area (Å²) in [5.74, 6) is -0.311. The lowest BCUT2D eigenvalue weighted by molar-refractivity contribution is -0.117. The molecule has 1 heterocycles. The van der Waals surface area contributed by atoms with Gasteiger partial charge in [-0.3, -0.25) is 9.59 Å². The number of halogens is 1. The highest BCUT2D eigenvalue weighted by molar-refractivity contribution is 5.94. The number of nitrogens with zero attached hydrogens (tertiary/aromatic N) is 4. The standard InChI is InChI=1S/C18H17FN6O3/c1-11(26)20-14-7-8-16(28-2)15(9-14)21-17(27)10-25-23-18(22-24-25)12-3-5-13(19)6-4-12/h3-9H,10H2,1-2H3,(H,20,26)(H,21,27). The van der Waals surface area contributed by atoms with E-state index in [1.807, 2.05) is 0 Å². The fourth-order valence-corrected chi connectivity index (χ4v) is 2.43. The maximum Gasteiger partial charge on any atom is 0.248 e. The average Bonchev–Trinajstić information content (AvgIpc) is 3.10. The minimum Gasteiger partial charge on any atom is -0.495 e. The molecule has 0 atom stereocenters. The van der Waals surface area contributed by atoms with Crippen LogP contribution in [-0.4, -0.2) is 39.1 Å². The molecule has 0 unspecified atom stereocenters. The number of ether oxygens (including phenoxy) is 1. The van der Waals surface area contributed by atoms with E-state index >= 15 is 0 Å². The Balaban J connectivity index is 1.70. The first-order chi connectivity index (χ1) is 13.4. The first kappa shape index (κ1) is 19.0. The number of amides is 2. The van der Waals surface area contributed by atoms with E-state index in [4.69, 9.17) is 4.74 Å². The summed E-state index contributed by atoms with van der Waals surface area (Å²) in [5.41, 5.74) is 1.48. The molecule has 0 spiro atoms. The van der Waals surface area contributed by atoms with Crippen LogP contribution in [0.15, 0.2) is 42.5 Å². The number of hydrogen-bond donors (Lipinski definition) is 2. The number of anilines is 2. The van der Waals surface area contributed by atoms with Gasteiger partial charge in [-0.05, 0) is 47.7 Å². The van der Waals surface area contributed by atoms with Gasteiger partial charge < -0.3 is 15.4 Å². The van der Waals surface area contributed by atoms with Crippen LogP contribution in [0, 0.1) is 5.82 Å². The highest BCUT2D eigenvalue weighted by Crippen LogP contribution is 2.27. The molecule has 0 saturated heterocycles. The van der Waals surface area contributed by atoms with E-state index in [2.05, 4.69) is 26.0 Å². The molecule has 28 heavy (non-hydrogen) atoms. The molecule has 2 N–H and O–H groups in total. The van der Waals surface area contributed by atoms with Gasteiger partial charge in [0.1, 0.15) is 18.1 Å². The Bertz CT molecular complexity index is 1000. The molecule has 0 bridgehead atoms. The number of benzene rings is 2. The molecule has 3 aromatic rings. The Labute approximate surface area is 159 Å². The molecule has 0 radical (unpaired) electrons. The fourth-order valence-electron chi connectivity index (χ4n) is 2.43. The van der Waals surface area contributed by atoms with Crippen molar-refractivity contribution in [3.63, 3.8) is 0 Å². The molecule has 0 saturated carbocycles. The second kappa shape index (κ2) is 8.25. The van der Waals surface area contributed by atoms with Crippen LogP contribution < -0.4 is 15.4 Å². The van der Waals surface area contributed by atoms with Crippen molar-refractivity contribution in [2.24, 2.45) is 0 Å². The zero-order valence-electron chi connectivity index (χ0n) is 15.1. The van der Waals surface area contributed by atoms with Gasteiger partial charge in [-0.15, -0.1) is 10.2 Å². The van der Waals surface area contributed by atoms with Gasteiger partial charge in [-0.25, -0.2) is 4.39 Å². The number of carbonyl (C=O) groups is 2. The van der Waals surface area contributed by atoms with Gasteiger partial charge in [0.05, 0.1) is 12.8 Å². The molecule has 144 valence electrons. The topological polar surface area (TPSA) is 111 Å². The van der Waals surface area contributed by atoms with Gasteiger partial charge in [0.15, 0.2) is 0 Å². The van der Waals surface area contributed by atoms with Crippen LogP contribution in [0.3, 0.4) is 0 Å². The van der Waals surface area contributed by atoms with Crippen LogP contribution in [-0.2, 0) is 16.1 Å². The molecule has 1 aromatic heterocycles. The Hall–Kier alpha value is -3.82. The fraction of sp³-hybridized carbons (Fsp3) is 0.167. The molecule has 2 amide bonds. The van der Waals surface area contributed by atoms with Crippen molar-refractivity contribution < 1.29 is 18.7 Å². The van der Waals surface area contributed by atoms with E-state index in [9.17, 15) is 14.0 Å². The second-order valence-corrected chi connectivity index (χ2v) is 5.79. The minimum atomic E-state index is -0.415. The Morgan fingerprint density at radius 3 is 2.57 bits per heavy atom. The number of nitrogens with one attached hydrogen (secondary N) is 2. The van der Waals surface area contributed by atoms with Gasteiger partial charge in [-0.1, -0.05) is 0 Å². The lowest BCUT2D eigenvalue weighted by Crippen LogP contribution is -2.21. The number of carbonyl (C=O) groups excluding carboxylic acids is 2. The van der Waals surface area contributed by atoms with E-state index in [-0.39, 0.29) is 24.1 Å². The third-order valence-electron chi connectivity index (χ3n) is 3.63. The summed E-state index contributed by atoms with van der Waals surface area (Å²) >= 11 is 0. The molecular formula is C18H17FN6O3. The lowest BCUT2D eigenvalue weighted by Gasteiger charge is -2.12. The van der Waals surface area contributed by atoms with Crippen LogP contribution in [0.1, 0.15) is 6.92 Å². The summed E-state index contributed by atoms with van der Waals surface area (Å²) in [7, 11) is 1.47. The van der Waals surface area contributed by atoms with E-state index < -0.39 is 5.91 Å². The number of methoxy groups -OCH3 is 1. The van der Waals surface area contributed by atoms with Gasteiger partial charge in [0.25, 0.3) is 0 Å². The molecule has 0 aliphatic heterocycles. The van der Waals surface area contributed by atoms with E-state index in [1.54, 1.807) is 18.2 Å². The zero-order chi connectivity index (χ0) is 20.1. The van der Waals surface area contributed by atoms with Crippen LogP contribution in [0.5, 0.6) is 5.75 Å². The second-order valence-electron chi connectivity index (χ2n) is 5.79. The van der Waals surface area contributed by atoms with Crippen molar-refractivity contribution in [2.45, 2.75) is 13.5 Å². The van der Waals surface area contributed by atoms with Gasteiger partial charge in [0, 0.05) is 18.2 Å². The maximum atomic E-state index is 13.0. The third-order valence-corrected chi connectivity index (χ3v) is 3.63. The predicted octanol–water partition coefficient (Wildman–Crippen LogP) is 2.08. The zero-order valence-corrected chi connectivity index (χ0v) is 15.1. The van der Waals surface area contributed by atoms with Crippen molar-refractivity contribution in [2.75, 3.05) is 17.7 Å². The monoisotopic (exact) mass is 384 g/mol. The van der Waals surface area contributed by atoms with Gasteiger partial charge >= 0.3 is 0 Å². The summed E-state index contributed by atoms with van der Waals surface area (Å²) in [6.07, 6.45) is 0. The molecule has 0 aliphatic rings. The van der Waals surface area contributed by atoms with Gasteiger partial charge in [-0.2, -0.15) is 4.80 Å². The first-order valence-electron chi connectivity index (χ1n) is 8.24. The molecule has 10 heteroatoms. The van der Waals surface area contributed by atoms with Crippen LogP contribution in [0.25, 0.3) is 11.4 Å². The van der Waals surface area contributed by atoms with Crippen molar-refractivity contribution in [3.8, 4) is 17.1 Å². The summed E-state index contributed by atoms with van der Waals surface area (Å²) < 4.78 is 18.2. The van der Waals surface area contributed by atoms with Crippen molar-refractivity contribution in [3.05, 3.63) is 48.3 Å². The SMILES string of the molecule is COc1ccc(NC(C)=O)cc1NC(=O)Cn1nnc(-c2ccc(F)cc2)n1. The first-order valence-corrected chi connectivity index (χ1v) is 8.24. The van der Waals surface area contributed by atoms with Crippen LogP contribution in [0.4, 0.5) is 15.8 Å². The molecular weight excluding hydrogens is 367 g/mol. The predicted molar refractivity (Wildman–Crippen MR) is 99.1 cm³/mol. The number of tetrazole rings is 1. The molecule has 0 aliphatic carbocycles. The number of hydrogen-bond acceptors (Lipinski definition) is 6. The smallest absolute Gasteiger partial charge is 0.248 e. The normalized spacial score (nSPS) is 10.4. The van der Waals surface area contributed by atoms with Crippen LogP contribution in [0.2, 0.25) is 0 Å². The Kier molecular flexibility index (Phi) is 5.58. The average molecular weight is 384 g/mol. The molecule has 3 rings (SSSR count). The lowest BCUT2D eigenvalue weighted by atomic mass is 10.2. The molecule has 0 fully saturated rings. The summed E-state index contributed by atoms with van der Waals surface area (Å²) in [6, 6.07) is 10.5. The summed E-state index contributed by atoms with van der Waals surface area (Å²) in [5, 5.41) is 17.1. The van der Waals surface area contributed by atoms with Crippen molar-refractivity contribution in [1.29, 1.82) is 0 Å². The van der Waals surface area contributed by atoms with Crippen LogP contribution >= 0.6 is 0 Å². The van der Waals surface area contributed by atoms with Crippen molar-refractivity contribution >= 4 is 23.2 Å². The quantitative estimate of drug-likeness (QED) is 0.673. The maximum absolute atomic E-state index is 13.0. The van der Waals surface area contributed by atoms with E-state index in [0.29, 0.717) is 22.7 Å². The molecule has 9 nitrogen and oxygen atoms in total. The Morgan fingerprint density at radius 2 is 1.89 bits per heavy atom. The third kappa shape index (κ3) is 4.67. The largest absolute Gasteiger partial charge is 0.495 e. The summed E-state index contributed by atoms with van der Waals surface area (Å²) in [6.45, 7) is 1.19. The number of rotatable bonds is 6. The highest BCUT2D eigenvalue weighted by atomic mass is 19.1. The Morgan fingerprint density at radius 1 is 1.14 bits per heavy atom. The van der Waals surface area contributed by atoms with E-state index in [0.717, 1.165) is 4.80 Å². The highest BCUT2D eigenvalue weighted by Gasteiger charge is 2.13. The summed E-state index contributed by atoms with van der Waals surface area (Å²) in [4.78, 5) is 24.7. The molecule has 2 aromatic carbocycles. The van der Waals surface area contributed by atoms with Gasteiger partial charge in [0.2, 0.25) is 17.6 Å². The minimum absolute atomic E-state index is 0.193. The van der Waals surface area contributed by atoms with Crippen molar-refractivity contribution in [1.82, 2.24) is 20.2 Å². The van der Waals surface area contributed by atoms with E-state index in [1.165, 1.54) is 38.3 Å².